The largest absolute Gasteiger partial charge is 0.445 e. The highest BCUT2D eigenvalue weighted by Crippen LogP contribution is 2.41. The lowest BCUT2D eigenvalue weighted by atomic mass is 9.93. The van der Waals surface area contributed by atoms with Gasteiger partial charge in [0.2, 0.25) is 0 Å². The third-order valence-electron chi connectivity index (χ3n) is 3.39. The zero-order chi connectivity index (χ0) is 11.8. The Balaban J connectivity index is 2.07. The molecule has 2 N–H and O–H groups in total. The molecule has 90 valence electrons. The van der Waals surface area contributed by atoms with Crippen LogP contribution < -0.4 is 5.73 Å². The molecule has 2 atom stereocenters. The standard InChI is InChI=1S/C11H18N2O3/c1-8-3-11(7-15-2)4-9(16-10(12)14)6-13(11)5-8/h9H,1,3-7H2,2H3,(H2,12,14)/t9-,11+/m0/s1. The number of ether oxygens (including phenoxy) is 2. The van der Waals surface area contributed by atoms with Crippen molar-refractivity contribution in [2.24, 2.45) is 5.73 Å². The smallest absolute Gasteiger partial charge is 0.404 e. The van der Waals surface area contributed by atoms with Crippen LogP contribution in [0.2, 0.25) is 0 Å². The lowest BCUT2D eigenvalue weighted by Gasteiger charge is -2.29. The van der Waals surface area contributed by atoms with Gasteiger partial charge < -0.3 is 15.2 Å². The second-order valence-corrected chi connectivity index (χ2v) is 4.73. The fraction of sp³-hybridized carbons (Fsp3) is 0.727. The van der Waals surface area contributed by atoms with Crippen molar-refractivity contribution < 1.29 is 14.3 Å². The Bertz CT molecular complexity index is 318. The molecule has 0 aromatic carbocycles. The molecule has 0 unspecified atom stereocenters. The highest BCUT2D eigenvalue weighted by Gasteiger charge is 2.50. The van der Waals surface area contributed by atoms with Crippen LogP contribution in [0.4, 0.5) is 4.79 Å². The van der Waals surface area contributed by atoms with Crippen LogP contribution in [-0.4, -0.2) is 49.4 Å². The Morgan fingerprint density at radius 2 is 2.50 bits per heavy atom. The molecule has 0 aromatic rings. The third kappa shape index (κ3) is 1.92. The minimum absolute atomic E-state index is 0.0358. The minimum Gasteiger partial charge on any atom is -0.445 e. The first kappa shape index (κ1) is 11.4. The van der Waals surface area contributed by atoms with Crippen LogP contribution in [0.3, 0.4) is 0 Å². The van der Waals surface area contributed by atoms with E-state index in [1.165, 1.54) is 5.57 Å². The van der Waals surface area contributed by atoms with E-state index in [4.69, 9.17) is 15.2 Å². The third-order valence-corrected chi connectivity index (χ3v) is 3.39. The van der Waals surface area contributed by atoms with Crippen LogP contribution in [0.1, 0.15) is 12.8 Å². The highest BCUT2D eigenvalue weighted by atomic mass is 16.6. The Morgan fingerprint density at radius 3 is 3.12 bits per heavy atom. The molecule has 0 saturated carbocycles. The molecule has 0 aliphatic carbocycles. The average Bonchev–Trinajstić information content (AvgIpc) is 2.55. The summed E-state index contributed by atoms with van der Waals surface area (Å²) in [7, 11) is 1.69. The number of carbonyl (C=O) groups is 1. The molecule has 2 fully saturated rings. The molecule has 5 heteroatoms. The Morgan fingerprint density at radius 1 is 1.75 bits per heavy atom. The molecule has 5 nitrogen and oxygen atoms in total. The number of methoxy groups -OCH3 is 1. The topological polar surface area (TPSA) is 64.8 Å². The van der Waals surface area contributed by atoms with Crippen LogP contribution in [-0.2, 0) is 9.47 Å². The van der Waals surface area contributed by atoms with Crippen LogP contribution in [0, 0.1) is 0 Å². The van der Waals surface area contributed by atoms with Crippen LogP contribution >= 0.6 is 0 Å². The summed E-state index contributed by atoms with van der Waals surface area (Å²) in [6.07, 6.45) is 0.890. The molecule has 0 bridgehead atoms. The fourth-order valence-electron chi connectivity index (χ4n) is 2.98. The lowest BCUT2D eigenvalue weighted by Crippen LogP contribution is -2.42. The van der Waals surface area contributed by atoms with E-state index in [0.29, 0.717) is 6.61 Å². The quantitative estimate of drug-likeness (QED) is 0.712. The molecule has 2 rings (SSSR count). The summed E-state index contributed by atoms with van der Waals surface area (Å²) in [4.78, 5) is 13.0. The number of hydrogen-bond acceptors (Lipinski definition) is 4. The van der Waals surface area contributed by atoms with Gasteiger partial charge in [0.05, 0.1) is 12.1 Å². The molecule has 2 saturated heterocycles. The van der Waals surface area contributed by atoms with Crippen molar-refractivity contribution in [1.29, 1.82) is 0 Å². The van der Waals surface area contributed by atoms with Crippen molar-refractivity contribution in [3.8, 4) is 0 Å². The van der Waals surface area contributed by atoms with E-state index in [-0.39, 0.29) is 11.6 Å². The van der Waals surface area contributed by atoms with Gasteiger partial charge in [-0.25, -0.2) is 4.79 Å². The van der Waals surface area contributed by atoms with Crippen molar-refractivity contribution in [2.75, 3.05) is 26.8 Å². The summed E-state index contributed by atoms with van der Waals surface area (Å²) >= 11 is 0. The number of primary amides is 1. The van der Waals surface area contributed by atoms with Crippen molar-refractivity contribution in [2.45, 2.75) is 24.5 Å². The van der Waals surface area contributed by atoms with Gasteiger partial charge in [-0.15, -0.1) is 0 Å². The number of carbonyl (C=O) groups excluding carboxylic acids is 1. The molecule has 1 amide bonds. The molecule has 0 spiro atoms. The molecule has 2 aliphatic rings. The van der Waals surface area contributed by atoms with Crippen LogP contribution in [0.5, 0.6) is 0 Å². The first-order chi connectivity index (χ1) is 7.55. The zero-order valence-corrected chi connectivity index (χ0v) is 9.57. The van der Waals surface area contributed by atoms with Gasteiger partial charge in [0.1, 0.15) is 6.10 Å². The maximum Gasteiger partial charge on any atom is 0.404 e. The van der Waals surface area contributed by atoms with Crippen molar-refractivity contribution in [3.63, 3.8) is 0 Å². The van der Waals surface area contributed by atoms with Crippen molar-refractivity contribution >= 4 is 6.09 Å². The van der Waals surface area contributed by atoms with Gasteiger partial charge in [0.25, 0.3) is 0 Å². The normalized spacial score (nSPS) is 34.1. The summed E-state index contributed by atoms with van der Waals surface area (Å²) in [6.45, 7) is 6.25. The predicted octanol–water partition coefficient (Wildman–Crippen LogP) is 0.501. The van der Waals surface area contributed by atoms with E-state index in [1.807, 2.05) is 0 Å². The monoisotopic (exact) mass is 226 g/mol. The average molecular weight is 226 g/mol. The maximum absolute atomic E-state index is 10.7. The van der Waals surface area contributed by atoms with Crippen molar-refractivity contribution in [3.05, 3.63) is 12.2 Å². The molecule has 0 radical (unpaired) electrons. The second kappa shape index (κ2) is 4.07. The lowest BCUT2D eigenvalue weighted by molar-refractivity contribution is 0.0642. The first-order valence-corrected chi connectivity index (χ1v) is 5.42. The minimum atomic E-state index is -0.697. The van der Waals surface area contributed by atoms with Gasteiger partial charge in [-0.05, 0) is 6.42 Å². The second-order valence-electron chi connectivity index (χ2n) is 4.73. The highest BCUT2D eigenvalue weighted by molar-refractivity contribution is 5.64. The van der Waals surface area contributed by atoms with Gasteiger partial charge in [0, 0.05) is 26.6 Å². The molecule has 2 heterocycles. The Labute approximate surface area is 95.2 Å². The Kier molecular flexibility index (Phi) is 2.90. The number of rotatable bonds is 3. The van der Waals surface area contributed by atoms with E-state index in [9.17, 15) is 4.79 Å². The number of fused-ring (bicyclic) bond motifs is 1. The van der Waals surface area contributed by atoms with Gasteiger partial charge in [0.15, 0.2) is 0 Å². The summed E-state index contributed by atoms with van der Waals surface area (Å²) in [5, 5.41) is 0. The van der Waals surface area contributed by atoms with Gasteiger partial charge in [-0.3, -0.25) is 4.90 Å². The number of amides is 1. The molecule has 16 heavy (non-hydrogen) atoms. The van der Waals surface area contributed by atoms with E-state index in [2.05, 4.69) is 11.5 Å². The zero-order valence-electron chi connectivity index (χ0n) is 9.57. The number of nitrogens with two attached hydrogens (primary N) is 1. The van der Waals surface area contributed by atoms with E-state index < -0.39 is 6.09 Å². The first-order valence-electron chi connectivity index (χ1n) is 5.42. The van der Waals surface area contributed by atoms with E-state index in [0.717, 1.165) is 25.9 Å². The molecular formula is C11H18N2O3. The summed E-state index contributed by atoms with van der Waals surface area (Å²) in [5.41, 5.74) is 6.22. The van der Waals surface area contributed by atoms with E-state index in [1.54, 1.807) is 7.11 Å². The van der Waals surface area contributed by atoms with Gasteiger partial charge >= 0.3 is 6.09 Å². The molecule has 2 aliphatic heterocycles. The number of hydrogen-bond donors (Lipinski definition) is 1. The van der Waals surface area contributed by atoms with Gasteiger partial charge in [-0.1, -0.05) is 12.2 Å². The predicted molar refractivity (Wildman–Crippen MR) is 59.0 cm³/mol. The maximum atomic E-state index is 10.7. The van der Waals surface area contributed by atoms with Crippen LogP contribution in [0.25, 0.3) is 0 Å². The Hall–Kier alpha value is -1.07. The van der Waals surface area contributed by atoms with E-state index >= 15 is 0 Å². The van der Waals surface area contributed by atoms with Gasteiger partial charge in [-0.2, -0.15) is 0 Å². The SMILES string of the molecule is C=C1CN2C[C@@H](OC(N)=O)C[C@@]2(COC)C1. The van der Waals surface area contributed by atoms with Crippen molar-refractivity contribution in [1.82, 2.24) is 4.90 Å². The molecule has 0 aromatic heterocycles. The summed E-state index contributed by atoms with van der Waals surface area (Å²) in [5.74, 6) is 0. The summed E-state index contributed by atoms with van der Waals surface area (Å²) < 4.78 is 10.3. The molecular weight excluding hydrogens is 208 g/mol. The fourth-order valence-corrected chi connectivity index (χ4v) is 2.98. The number of nitrogens with zero attached hydrogens (tertiary/aromatic N) is 1. The van der Waals surface area contributed by atoms with Crippen LogP contribution in [0.15, 0.2) is 12.2 Å². The summed E-state index contributed by atoms with van der Waals surface area (Å²) in [6, 6.07) is 0.